The minimum atomic E-state index is -0.0378. The van der Waals surface area contributed by atoms with Gasteiger partial charge in [0.2, 0.25) is 0 Å². The van der Waals surface area contributed by atoms with Gasteiger partial charge in [-0.05, 0) is 31.0 Å². The molecule has 1 aliphatic heterocycles. The molecule has 1 fully saturated rings. The van der Waals surface area contributed by atoms with E-state index in [1.165, 1.54) is 0 Å². The van der Waals surface area contributed by atoms with Gasteiger partial charge in [0, 0.05) is 18.7 Å². The van der Waals surface area contributed by atoms with Gasteiger partial charge in [0.1, 0.15) is 0 Å². The van der Waals surface area contributed by atoms with Crippen LogP contribution in [0.3, 0.4) is 0 Å². The normalized spacial score (nSPS) is 16.4. The number of ether oxygens (including phenoxy) is 1. The maximum atomic E-state index is 12.3. The number of amides is 1. The third kappa shape index (κ3) is 3.85. The lowest BCUT2D eigenvalue weighted by molar-refractivity contribution is -0.00554. The number of rotatable bonds is 4. The number of piperidine rings is 1. The number of aliphatic hydroxyl groups is 1. The van der Waals surface area contributed by atoms with E-state index in [1.807, 2.05) is 0 Å². The topological polar surface area (TPSA) is 49.8 Å². The molecule has 1 amide bonds. The van der Waals surface area contributed by atoms with Crippen LogP contribution in [0.25, 0.3) is 0 Å². The molecular formula is C14H17Cl2NO3. The zero-order chi connectivity index (χ0) is 14.5. The summed E-state index contributed by atoms with van der Waals surface area (Å²) in [5.74, 6) is -0.0378. The molecule has 1 aromatic carbocycles. The highest BCUT2D eigenvalue weighted by Gasteiger charge is 2.24. The quantitative estimate of drug-likeness (QED) is 0.928. The summed E-state index contributed by atoms with van der Waals surface area (Å²) < 4.78 is 5.47. The van der Waals surface area contributed by atoms with Crippen LogP contribution in [0.2, 0.25) is 10.0 Å². The molecule has 0 aromatic heterocycles. The van der Waals surface area contributed by atoms with Crippen LogP contribution < -0.4 is 0 Å². The van der Waals surface area contributed by atoms with Crippen molar-refractivity contribution >= 4 is 29.1 Å². The highest BCUT2D eigenvalue weighted by Crippen LogP contribution is 2.24. The molecule has 1 saturated heterocycles. The molecule has 1 aromatic rings. The van der Waals surface area contributed by atoms with Crippen molar-refractivity contribution in [1.29, 1.82) is 0 Å². The van der Waals surface area contributed by atoms with Gasteiger partial charge in [-0.2, -0.15) is 0 Å². The van der Waals surface area contributed by atoms with Gasteiger partial charge >= 0.3 is 0 Å². The molecule has 4 nitrogen and oxygen atoms in total. The number of likely N-dealkylation sites (tertiary alicyclic amines) is 1. The standard InChI is InChI=1S/C14H17Cl2NO3/c15-12-2-1-10(9-13(12)16)14(19)17-5-3-11(4-6-17)20-8-7-18/h1-2,9,11,18H,3-8H2. The minimum absolute atomic E-state index is 0.0302. The summed E-state index contributed by atoms with van der Waals surface area (Å²) in [6, 6.07) is 4.92. The summed E-state index contributed by atoms with van der Waals surface area (Å²) in [4.78, 5) is 14.1. The number of hydrogen-bond acceptors (Lipinski definition) is 3. The molecule has 0 aliphatic carbocycles. The monoisotopic (exact) mass is 317 g/mol. The zero-order valence-corrected chi connectivity index (χ0v) is 12.5. The molecule has 0 atom stereocenters. The van der Waals surface area contributed by atoms with E-state index < -0.39 is 0 Å². The Labute approximate surface area is 128 Å². The van der Waals surface area contributed by atoms with Crippen LogP contribution in [0.5, 0.6) is 0 Å². The average molecular weight is 318 g/mol. The smallest absolute Gasteiger partial charge is 0.253 e. The maximum Gasteiger partial charge on any atom is 0.253 e. The summed E-state index contributed by atoms with van der Waals surface area (Å²) in [6.07, 6.45) is 1.69. The molecule has 0 unspecified atom stereocenters. The molecule has 110 valence electrons. The van der Waals surface area contributed by atoms with Gasteiger partial charge < -0.3 is 14.7 Å². The second-order valence-electron chi connectivity index (χ2n) is 4.71. The van der Waals surface area contributed by atoms with Crippen molar-refractivity contribution in [3.8, 4) is 0 Å². The van der Waals surface area contributed by atoms with Crippen molar-refractivity contribution in [2.45, 2.75) is 18.9 Å². The van der Waals surface area contributed by atoms with Crippen molar-refractivity contribution in [3.63, 3.8) is 0 Å². The molecule has 6 heteroatoms. The lowest BCUT2D eigenvalue weighted by Gasteiger charge is -2.32. The Morgan fingerprint density at radius 1 is 1.30 bits per heavy atom. The first-order chi connectivity index (χ1) is 9.61. The largest absolute Gasteiger partial charge is 0.394 e. The van der Waals surface area contributed by atoms with Gasteiger partial charge in [-0.1, -0.05) is 23.2 Å². The van der Waals surface area contributed by atoms with Gasteiger partial charge in [0.15, 0.2) is 0 Å². The number of nitrogens with zero attached hydrogens (tertiary/aromatic N) is 1. The van der Waals surface area contributed by atoms with Crippen molar-refractivity contribution in [3.05, 3.63) is 33.8 Å². The Bertz CT molecular complexity index is 473. The van der Waals surface area contributed by atoms with Crippen LogP contribution in [-0.2, 0) is 4.74 Å². The third-order valence-corrected chi connectivity index (χ3v) is 4.08. The summed E-state index contributed by atoms with van der Waals surface area (Å²) in [6.45, 7) is 1.68. The molecule has 1 aliphatic rings. The van der Waals surface area contributed by atoms with Crippen LogP contribution in [0.15, 0.2) is 18.2 Å². The van der Waals surface area contributed by atoms with E-state index >= 15 is 0 Å². The Balaban J connectivity index is 1.92. The highest BCUT2D eigenvalue weighted by molar-refractivity contribution is 6.42. The summed E-state index contributed by atoms with van der Waals surface area (Å²) in [5, 5.41) is 9.55. The Morgan fingerprint density at radius 3 is 2.60 bits per heavy atom. The van der Waals surface area contributed by atoms with Crippen LogP contribution in [-0.4, -0.2) is 48.3 Å². The van der Waals surface area contributed by atoms with Crippen LogP contribution in [0.4, 0.5) is 0 Å². The maximum absolute atomic E-state index is 12.3. The van der Waals surface area contributed by atoms with Gasteiger partial charge in [0.25, 0.3) is 5.91 Å². The molecule has 0 saturated carbocycles. The fourth-order valence-electron chi connectivity index (χ4n) is 2.26. The summed E-state index contributed by atoms with van der Waals surface area (Å²) in [7, 11) is 0. The Hall–Kier alpha value is -0.810. The van der Waals surface area contributed by atoms with Crippen LogP contribution in [0.1, 0.15) is 23.2 Å². The van der Waals surface area contributed by atoms with Crippen LogP contribution in [0, 0.1) is 0 Å². The Morgan fingerprint density at radius 2 is 2.00 bits per heavy atom. The molecule has 0 radical (unpaired) electrons. The van der Waals surface area contributed by atoms with E-state index in [4.69, 9.17) is 33.0 Å². The van der Waals surface area contributed by atoms with Crippen molar-refractivity contribution in [1.82, 2.24) is 4.90 Å². The molecule has 1 N–H and O–H groups in total. The van der Waals surface area contributed by atoms with E-state index in [9.17, 15) is 4.79 Å². The van der Waals surface area contributed by atoms with Crippen molar-refractivity contribution < 1.29 is 14.6 Å². The summed E-state index contributed by atoms with van der Waals surface area (Å²) >= 11 is 11.8. The first kappa shape index (κ1) is 15.6. The molecule has 0 spiro atoms. The summed E-state index contributed by atoms with van der Waals surface area (Å²) in [5.41, 5.74) is 0.550. The van der Waals surface area contributed by atoms with E-state index in [2.05, 4.69) is 0 Å². The lowest BCUT2D eigenvalue weighted by atomic mass is 10.1. The number of aliphatic hydroxyl groups excluding tert-OH is 1. The lowest BCUT2D eigenvalue weighted by Crippen LogP contribution is -2.41. The van der Waals surface area contributed by atoms with Gasteiger partial charge in [-0.25, -0.2) is 0 Å². The molecule has 1 heterocycles. The van der Waals surface area contributed by atoms with E-state index in [1.54, 1.807) is 23.1 Å². The first-order valence-corrected chi connectivity index (χ1v) is 7.34. The van der Waals surface area contributed by atoms with Crippen LogP contribution >= 0.6 is 23.2 Å². The average Bonchev–Trinajstić information content (AvgIpc) is 2.48. The minimum Gasteiger partial charge on any atom is -0.394 e. The SMILES string of the molecule is O=C(c1ccc(Cl)c(Cl)c1)N1CCC(OCCO)CC1. The van der Waals surface area contributed by atoms with Crippen molar-refractivity contribution in [2.24, 2.45) is 0 Å². The fourth-order valence-corrected chi connectivity index (χ4v) is 2.55. The number of benzene rings is 1. The number of halogens is 2. The predicted octanol–water partition coefficient (Wildman–Crippen LogP) is 2.61. The predicted molar refractivity (Wildman–Crippen MR) is 78.4 cm³/mol. The highest BCUT2D eigenvalue weighted by atomic mass is 35.5. The Kier molecular flexibility index (Phi) is 5.66. The molecule has 0 bridgehead atoms. The second-order valence-corrected chi connectivity index (χ2v) is 5.53. The molecule has 20 heavy (non-hydrogen) atoms. The van der Waals surface area contributed by atoms with Crippen molar-refractivity contribution in [2.75, 3.05) is 26.3 Å². The zero-order valence-electron chi connectivity index (χ0n) is 11.0. The van der Waals surface area contributed by atoms with Gasteiger partial charge in [0.05, 0.1) is 29.4 Å². The number of hydrogen-bond donors (Lipinski definition) is 1. The number of carbonyl (C=O) groups excluding carboxylic acids is 1. The van der Waals surface area contributed by atoms with Gasteiger partial charge in [-0.3, -0.25) is 4.79 Å². The van der Waals surface area contributed by atoms with E-state index in [-0.39, 0.29) is 18.6 Å². The molecular weight excluding hydrogens is 301 g/mol. The fraction of sp³-hybridized carbons (Fsp3) is 0.500. The number of carbonyl (C=O) groups is 1. The molecule has 2 rings (SSSR count). The first-order valence-electron chi connectivity index (χ1n) is 6.58. The van der Waals surface area contributed by atoms with E-state index in [0.29, 0.717) is 35.3 Å². The van der Waals surface area contributed by atoms with Gasteiger partial charge in [-0.15, -0.1) is 0 Å². The second kappa shape index (κ2) is 7.27. The third-order valence-electron chi connectivity index (χ3n) is 3.34. The van der Waals surface area contributed by atoms with E-state index in [0.717, 1.165) is 12.8 Å².